The zero-order valence-electron chi connectivity index (χ0n) is 7.60. The van der Waals surface area contributed by atoms with Gasteiger partial charge >= 0.3 is 0 Å². The molecule has 1 aliphatic carbocycles. The Kier molecular flexibility index (Phi) is 2.17. The quantitative estimate of drug-likeness (QED) is 0.666. The highest BCUT2D eigenvalue weighted by Crippen LogP contribution is 2.25. The van der Waals surface area contributed by atoms with Gasteiger partial charge in [0.05, 0.1) is 7.11 Å². The first-order valence-corrected chi connectivity index (χ1v) is 4.39. The summed E-state index contributed by atoms with van der Waals surface area (Å²) in [7, 11) is 1.69. The molecule has 1 aliphatic rings. The van der Waals surface area contributed by atoms with E-state index in [4.69, 9.17) is 4.74 Å². The van der Waals surface area contributed by atoms with Gasteiger partial charge in [-0.05, 0) is 17.7 Å². The lowest BCUT2D eigenvalue weighted by Crippen LogP contribution is -1.90. The number of hydrogen-bond donors (Lipinski definition) is 0. The molecule has 2 rings (SSSR count). The summed E-state index contributed by atoms with van der Waals surface area (Å²) >= 11 is 0. The van der Waals surface area contributed by atoms with Crippen LogP contribution in [0.25, 0.3) is 0 Å². The standard InChI is InChI=1S/C12H12O/c1-13-12-8-4-7-11(9-12)10-5-2-3-6-10/h2-10H,1H3. The summed E-state index contributed by atoms with van der Waals surface area (Å²) in [5.74, 6) is 1.35. The van der Waals surface area contributed by atoms with Crippen molar-refractivity contribution in [3.05, 3.63) is 54.1 Å². The van der Waals surface area contributed by atoms with E-state index in [0.29, 0.717) is 5.92 Å². The van der Waals surface area contributed by atoms with Crippen LogP contribution in [0.15, 0.2) is 48.6 Å². The molecule has 0 unspecified atom stereocenters. The van der Waals surface area contributed by atoms with E-state index in [1.165, 1.54) is 5.56 Å². The van der Waals surface area contributed by atoms with Crippen molar-refractivity contribution < 1.29 is 4.74 Å². The van der Waals surface area contributed by atoms with Crippen molar-refractivity contribution in [1.82, 2.24) is 0 Å². The van der Waals surface area contributed by atoms with Crippen molar-refractivity contribution >= 4 is 0 Å². The molecule has 1 aromatic carbocycles. The zero-order valence-corrected chi connectivity index (χ0v) is 7.60. The fourth-order valence-corrected chi connectivity index (χ4v) is 1.50. The monoisotopic (exact) mass is 172 g/mol. The van der Waals surface area contributed by atoms with Gasteiger partial charge in [-0.15, -0.1) is 0 Å². The SMILES string of the molecule is COc1cccc(C2C=CC=C2)c1. The van der Waals surface area contributed by atoms with Crippen molar-refractivity contribution in [2.24, 2.45) is 0 Å². The maximum atomic E-state index is 5.17. The Hall–Kier alpha value is -1.50. The Balaban J connectivity index is 2.29. The van der Waals surface area contributed by atoms with Gasteiger partial charge in [0, 0.05) is 5.92 Å². The average Bonchev–Trinajstić information content (AvgIpc) is 2.71. The number of ether oxygens (including phenoxy) is 1. The van der Waals surface area contributed by atoms with Gasteiger partial charge in [-0.25, -0.2) is 0 Å². The minimum atomic E-state index is 0.426. The van der Waals surface area contributed by atoms with E-state index in [9.17, 15) is 0 Å². The molecule has 0 saturated heterocycles. The van der Waals surface area contributed by atoms with E-state index in [1.54, 1.807) is 7.11 Å². The molecule has 0 N–H and O–H groups in total. The minimum absolute atomic E-state index is 0.426. The first kappa shape index (κ1) is 8.11. The smallest absolute Gasteiger partial charge is 0.119 e. The summed E-state index contributed by atoms with van der Waals surface area (Å²) in [5.41, 5.74) is 1.28. The molecule has 0 saturated carbocycles. The zero-order chi connectivity index (χ0) is 9.10. The minimum Gasteiger partial charge on any atom is -0.497 e. The van der Waals surface area contributed by atoms with Gasteiger partial charge in [0.1, 0.15) is 5.75 Å². The van der Waals surface area contributed by atoms with E-state index in [-0.39, 0.29) is 0 Å². The molecule has 0 aromatic heterocycles. The Morgan fingerprint density at radius 2 is 1.92 bits per heavy atom. The topological polar surface area (TPSA) is 9.23 Å². The molecule has 1 heteroatoms. The van der Waals surface area contributed by atoms with E-state index in [1.807, 2.05) is 12.1 Å². The van der Waals surface area contributed by atoms with Gasteiger partial charge in [-0.3, -0.25) is 0 Å². The summed E-state index contributed by atoms with van der Waals surface area (Å²) in [6.45, 7) is 0. The molecule has 0 bridgehead atoms. The predicted molar refractivity (Wildman–Crippen MR) is 54.0 cm³/mol. The van der Waals surface area contributed by atoms with Crippen molar-refractivity contribution in [1.29, 1.82) is 0 Å². The summed E-state index contributed by atoms with van der Waals surface area (Å²) in [6.07, 6.45) is 8.50. The van der Waals surface area contributed by atoms with Crippen LogP contribution in [0.2, 0.25) is 0 Å². The third kappa shape index (κ3) is 1.64. The second-order valence-corrected chi connectivity index (χ2v) is 3.07. The molecule has 0 fully saturated rings. The first-order chi connectivity index (χ1) is 6.40. The van der Waals surface area contributed by atoms with E-state index in [0.717, 1.165) is 5.75 Å². The largest absolute Gasteiger partial charge is 0.497 e. The summed E-state index contributed by atoms with van der Waals surface area (Å²) < 4.78 is 5.17. The van der Waals surface area contributed by atoms with Gasteiger partial charge in [0.25, 0.3) is 0 Å². The molecule has 66 valence electrons. The number of benzene rings is 1. The number of methoxy groups -OCH3 is 1. The molecular formula is C12H12O. The van der Waals surface area contributed by atoms with Gasteiger partial charge in [0.2, 0.25) is 0 Å². The molecular weight excluding hydrogens is 160 g/mol. The van der Waals surface area contributed by atoms with Crippen LogP contribution in [0.3, 0.4) is 0 Å². The molecule has 0 amide bonds. The first-order valence-electron chi connectivity index (χ1n) is 4.39. The van der Waals surface area contributed by atoms with Crippen molar-refractivity contribution in [3.8, 4) is 5.75 Å². The lowest BCUT2D eigenvalue weighted by atomic mass is 10.0. The summed E-state index contributed by atoms with van der Waals surface area (Å²) in [5, 5.41) is 0. The van der Waals surface area contributed by atoms with Crippen LogP contribution in [-0.4, -0.2) is 7.11 Å². The third-order valence-electron chi connectivity index (χ3n) is 2.23. The van der Waals surface area contributed by atoms with E-state index in [2.05, 4.69) is 36.4 Å². The molecule has 1 nitrogen and oxygen atoms in total. The van der Waals surface area contributed by atoms with Crippen LogP contribution in [0.1, 0.15) is 11.5 Å². The van der Waals surface area contributed by atoms with Gasteiger partial charge in [-0.2, -0.15) is 0 Å². The second-order valence-electron chi connectivity index (χ2n) is 3.07. The highest BCUT2D eigenvalue weighted by atomic mass is 16.5. The Morgan fingerprint density at radius 3 is 2.62 bits per heavy atom. The fourth-order valence-electron chi connectivity index (χ4n) is 1.50. The van der Waals surface area contributed by atoms with Crippen LogP contribution in [0.4, 0.5) is 0 Å². The van der Waals surface area contributed by atoms with Crippen LogP contribution in [-0.2, 0) is 0 Å². The fraction of sp³-hybridized carbons (Fsp3) is 0.167. The Labute approximate surface area is 78.3 Å². The lowest BCUT2D eigenvalue weighted by Gasteiger charge is -2.07. The Bertz CT molecular complexity index is 338. The molecule has 0 radical (unpaired) electrons. The van der Waals surface area contributed by atoms with Gasteiger partial charge in [0.15, 0.2) is 0 Å². The van der Waals surface area contributed by atoms with Gasteiger partial charge in [-0.1, -0.05) is 36.4 Å². The summed E-state index contributed by atoms with van der Waals surface area (Å²) in [4.78, 5) is 0. The normalized spacial score (nSPS) is 15.2. The maximum Gasteiger partial charge on any atom is 0.119 e. The molecule has 0 atom stereocenters. The molecule has 0 spiro atoms. The van der Waals surface area contributed by atoms with Crippen LogP contribution in [0.5, 0.6) is 5.75 Å². The highest BCUT2D eigenvalue weighted by molar-refractivity contribution is 5.38. The predicted octanol–water partition coefficient (Wildman–Crippen LogP) is 2.90. The van der Waals surface area contributed by atoms with Crippen LogP contribution < -0.4 is 4.74 Å². The lowest BCUT2D eigenvalue weighted by molar-refractivity contribution is 0.414. The average molecular weight is 172 g/mol. The van der Waals surface area contributed by atoms with Crippen LogP contribution in [0, 0.1) is 0 Å². The number of hydrogen-bond acceptors (Lipinski definition) is 1. The van der Waals surface area contributed by atoms with Crippen molar-refractivity contribution in [2.45, 2.75) is 5.92 Å². The second kappa shape index (κ2) is 3.48. The molecule has 0 aliphatic heterocycles. The maximum absolute atomic E-state index is 5.17. The third-order valence-corrected chi connectivity index (χ3v) is 2.23. The molecule has 1 aromatic rings. The van der Waals surface area contributed by atoms with E-state index >= 15 is 0 Å². The highest BCUT2D eigenvalue weighted by Gasteiger charge is 2.06. The molecule has 13 heavy (non-hydrogen) atoms. The van der Waals surface area contributed by atoms with Crippen LogP contribution >= 0.6 is 0 Å². The van der Waals surface area contributed by atoms with Crippen molar-refractivity contribution in [2.75, 3.05) is 7.11 Å². The van der Waals surface area contributed by atoms with Crippen molar-refractivity contribution in [3.63, 3.8) is 0 Å². The Morgan fingerprint density at radius 1 is 1.15 bits per heavy atom. The van der Waals surface area contributed by atoms with E-state index < -0.39 is 0 Å². The summed E-state index contributed by atoms with van der Waals surface area (Å²) in [6, 6.07) is 8.18. The van der Waals surface area contributed by atoms with Gasteiger partial charge < -0.3 is 4.74 Å². The molecule has 0 heterocycles. The number of allylic oxidation sites excluding steroid dienone is 4. The number of rotatable bonds is 2.